The van der Waals surface area contributed by atoms with Crippen molar-refractivity contribution in [2.75, 3.05) is 0 Å². The molecular formula is C12H15NO2. The third-order valence-corrected chi connectivity index (χ3v) is 2.92. The molecule has 3 heteroatoms. The highest BCUT2D eigenvalue weighted by Gasteiger charge is 2.24. The van der Waals surface area contributed by atoms with Gasteiger partial charge in [-0.15, -0.1) is 0 Å². The minimum absolute atomic E-state index is 0.0675. The molecule has 0 saturated carbocycles. The van der Waals surface area contributed by atoms with Gasteiger partial charge in [0.1, 0.15) is 5.75 Å². The van der Waals surface area contributed by atoms with Gasteiger partial charge < -0.3 is 10.8 Å². The molecule has 0 fully saturated rings. The number of rotatable bonds is 2. The number of carbonyl (C=O) groups excluding carboxylic acids is 1. The van der Waals surface area contributed by atoms with Crippen LogP contribution in [0.25, 0.3) is 0 Å². The normalized spacial score (nSPS) is 16.1. The molecular weight excluding hydrogens is 190 g/mol. The number of Topliss-reactive ketones (excluding diaryl/α,β-unsaturated/α-hetero) is 1. The number of carbonyl (C=O) groups is 1. The first-order valence-electron chi connectivity index (χ1n) is 5.24. The van der Waals surface area contributed by atoms with Crippen LogP contribution in [0.1, 0.15) is 34.8 Å². The summed E-state index contributed by atoms with van der Waals surface area (Å²) in [7, 11) is 0. The molecule has 1 aromatic rings. The standard InChI is InChI=1S/C12H15NO2/c1-7(13)12(15)11-9-4-2-3-8(9)5-6-10(11)14/h5-7,14H,2-4,13H2,1H3. The van der Waals surface area contributed by atoms with Crippen LogP contribution in [0.4, 0.5) is 0 Å². The van der Waals surface area contributed by atoms with Gasteiger partial charge in [0.05, 0.1) is 11.6 Å². The molecule has 1 aliphatic carbocycles. The zero-order valence-corrected chi connectivity index (χ0v) is 8.79. The summed E-state index contributed by atoms with van der Waals surface area (Å²) in [5.41, 5.74) is 8.19. The van der Waals surface area contributed by atoms with E-state index in [9.17, 15) is 9.90 Å². The average Bonchev–Trinajstić information content (AvgIpc) is 2.64. The Bertz CT molecular complexity index is 410. The van der Waals surface area contributed by atoms with Gasteiger partial charge in [0.2, 0.25) is 0 Å². The number of hydrogen-bond donors (Lipinski definition) is 2. The molecule has 0 saturated heterocycles. The highest BCUT2D eigenvalue weighted by Crippen LogP contribution is 2.31. The van der Waals surface area contributed by atoms with E-state index in [-0.39, 0.29) is 11.5 Å². The smallest absolute Gasteiger partial charge is 0.183 e. The number of hydrogen-bond acceptors (Lipinski definition) is 3. The van der Waals surface area contributed by atoms with E-state index in [4.69, 9.17) is 5.73 Å². The summed E-state index contributed by atoms with van der Waals surface area (Å²) in [6, 6.07) is 2.94. The van der Waals surface area contributed by atoms with Gasteiger partial charge in [-0.1, -0.05) is 6.07 Å². The Morgan fingerprint density at radius 2 is 2.20 bits per heavy atom. The summed E-state index contributed by atoms with van der Waals surface area (Å²) < 4.78 is 0. The van der Waals surface area contributed by atoms with Crippen molar-refractivity contribution in [3.63, 3.8) is 0 Å². The summed E-state index contributed by atoms with van der Waals surface area (Å²) >= 11 is 0. The van der Waals surface area contributed by atoms with E-state index in [2.05, 4.69) is 0 Å². The molecule has 80 valence electrons. The van der Waals surface area contributed by atoms with Crippen LogP contribution in [-0.2, 0) is 12.8 Å². The lowest BCUT2D eigenvalue weighted by atomic mass is 9.96. The van der Waals surface area contributed by atoms with Gasteiger partial charge >= 0.3 is 0 Å². The molecule has 15 heavy (non-hydrogen) atoms. The van der Waals surface area contributed by atoms with Crippen LogP contribution in [0.2, 0.25) is 0 Å². The number of aryl methyl sites for hydroxylation is 1. The molecule has 0 amide bonds. The quantitative estimate of drug-likeness (QED) is 0.717. The second kappa shape index (κ2) is 3.66. The lowest BCUT2D eigenvalue weighted by Gasteiger charge is -2.11. The van der Waals surface area contributed by atoms with E-state index in [1.54, 1.807) is 13.0 Å². The van der Waals surface area contributed by atoms with E-state index < -0.39 is 6.04 Å². The fourth-order valence-corrected chi connectivity index (χ4v) is 2.16. The first-order chi connectivity index (χ1) is 7.11. The number of phenols is 1. The highest BCUT2D eigenvalue weighted by atomic mass is 16.3. The van der Waals surface area contributed by atoms with Crippen LogP contribution in [0.15, 0.2) is 12.1 Å². The van der Waals surface area contributed by atoms with Gasteiger partial charge in [-0.05, 0) is 43.4 Å². The van der Waals surface area contributed by atoms with E-state index in [0.717, 1.165) is 24.8 Å². The molecule has 1 aliphatic rings. The van der Waals surface area contributed by atoms with Crippen molar-refractivity contribution in [2.45, 2.75) is 32.2 Å². The van der Waals surface area contributed by atoms with E-state index in [0.29, 0.717) is 5.56 Å². The van der Waals surface area contributed by atoms with Crippen LogP contribution in [0, 0.1) is 0 Å². The van der Waals surface area contributed by atoms with Gasteiger partial charge in [-0.25, -0.2) is 0 Å². The van der Waals surface area contributed by atoms with E-state index >= 15 is 0 Å². The largest absolute Gasteiger partial charge is 0.507 e. The van der Waals surface area contributed by atoms with Crippen LogP contribution in [-0.4, -0.2) is 16.9 Å². The Kier molecular flexibility index (Phi) is 2.49. The van der Waals surface area contributed by atoms with Crippen molar-refractivity contribution in [3.8, 4) is 5.75 Å². The minimum Gasteiger partial charge on any atom is -0.507 e. The molecule has 0 bridgehead atoms. The molecule has 0 heterocycles. The lowest BCUT2D eigenvalue weighted by Crippen LogP contribution is -2.27. The molecule has 0 aliphatic heterocycles. The number of benzene rings is 1. The van der Waals surface area contributed by atoms with E-state index in [1.165, 1.54) is 5.56 Å². The van der Waals surface area contributed by atoms with Gasteiger partial charge in [0.25, 0.3) is 0 Å². The monoisotopic (exact) mass is 205 g/mol. The van der Waals surface area contributed by atoms with Gasteiger partial charge in [0.15, 0.2) is 5.78 Å². The molecule has 3 N–H and O–H groups in total. The number of fused-ring (bicyclic) bond motifs is 1. The highest BCUT2D eigenvalue weighted by molar-refractivity contribution is 6.03. The number of nitrogens with two attached hydrogens (primary N) is 1. The molecule has 1 atom stereocenters. The fourth-order valence-electron chi connectivity index (χ4n) is 2.16. The Balaban J connectivity index is 2.55. The zero-order chi connectivity index (χ0) is 11.0. The summed E-state index contributed by atoms with van der Waals surface area (Å²) in [6.07, 6.45) is 2.92. The second-order valence-corrected chi connectivity index (χ2v) is 4.10. The fraction of sp³-hybridized carbons (Fsp3) is 0.417. The predicted molar refractivity (Wildman–Crippen MR) is 58.1 cm³/mol. The van der Waals surface area contributed by atoms with Crippen molar-refractivity contribution in [2.24, 2.45) is 5.73 Å². The van der Waals surface area contributed by atoms with Crippen molar-refractivity contribution in [1.29, 1.82) is 0 Å². The Labute approximate surface area is 88.9 Å². The first kappa shape index (κ1) is 10.2. The van der Waals surface area contributed by atoms with Gasteiger partial charge in [-0.2, -0.15) is 0 Å². The van der Waals surface area contributed by atoms with E-state index in [1.807, 2.05) is 6.07 Å². The average molecular weight is 205 g/mol. The number of aromatic hydroxyl groups is 1. The number of phenolic OH excluding ortho intramolecular Hbond substituents is 1. The Hall–Kier alpha value is -1.35. The topological polar surface area (TPSA) is 63.3 Å². The SMILES string of the molecule is CC(N)C(=O)c1c(O)ccc2c1CCC2. The maximum Gasteiger partial charge on any atom is 0.183 e. The molecule has 3 nitrogen and oxygen atoms in total. The Morgan fingerprint density at radius 1 is 1.47 bits per heavy atom. The summed E-state index contributed by atoms with van der Waals surface area (Å²) in [6.45, 7) is 1.65. The second-order valence-electron chi connectivity index (χ2n) is 4.10. The van der Waals surface area contributed by atoms with Crippen LogP contribution in [0.3, 0.4) is 0 Å². The van der Waals surface area contributed by atoms with Crippen LogP contribution < -0.4 is 5.73 Å². The van der Waals surface area contributed by atoms with Crippen molar-refractivity contribution < 1.29 is 9.90 Å². The maximum atomic E-state index is 11.8. The molecule has 2 rings (SSSR count). The molecule has 1 aromatic carbocycles. The van der Waals surface area contributed by atoms with Crippen molar-refractivity contribution >= 4 is 5.78 Å². The lowest BCUT2D eigenvalue weighted by molar-refractivity contribution is 0.0964. The van der Waals surface area contributed by atoms with Crippen molar-refractivity contribution in [1.82, 2.24) is 0 Å². The van der Waals surface area contributed by atoms with Crippen molar-refractivity contribution in [3.05, 3.63) is 28.8 Å². The molecule has 1 unspecified atom stereocenters. The maximum absolute atomic E-state index is 11.8. The first-order valence-corrected chi connectivity index (χ1v) is 5.24. The summed E-state index contributed by atoms with van der Waals surface area (Å²) in [4.78, 5) is 11.8. The third kappa shape index (κ3) is 1.63. The summed E-state index contributed by atoms with van der Waals surface area (Å²) in [5.74, 6) is -0.0933. The van der Waals surface area contributed by atoms with Gasteiger partial charge in [0, 0.05) is 0 Å². The van der Waals surface area contributed by atoms with Crippen LogP contribution >= 0.6 is 0 Å². The van der Waals surface area contributed by atoms with Gasteiger partial charge in [-0.3, -0.25) is 4.79 Å². The minimum atomic E-state index is -0.553. The molecule has 0 radical (unpaired) electrons. The van der Waals surface area contributed by atoms with Crippen LogP contribution in [0.5, 0.6) is 5.75 Å². The Morgan fingerprint density at radius 3 is 2.87 bits per heavy atom. The summed E-state index contributed by atoms with van der Waals surface area (Å²) in [5, 5.41) is 9.72. The zero-order valence-electron chi connectivity index (χ0n) is 8.79. The third-order valence-electron chi connectivity index (χ3n) is 2.92. The molecule has 0 spiro atoms. The number of ketones is 1. The predicted octanol–water partition coefficient (Wildman–Crippen LogP) is 1.41. The molecule has 0 aromatic heterocycles.